The van der Waals surface area contributed by atoms with Gasteiger partial charge >= 0.3 is 0 Å². The van der Waals surface area contributed by atoms with Crippen molar-refractivity contribution in [1.29, 1.82) is 0 Å². The number of carbonyl (C=O) groups is 1. The van der Waals surface area contributed by atoms with Gasteiger partial charge in [0.1, 0.15) is 18.2 Å². The topological polar surface area (TPSA) is 51.2 Å². The zero-order chi connectivity index (χ0) is 17.8. The molecule has 0 unspecified atom stereocenters. The zero-order valence-electron chi connectivity index (χ0n) is 13.3. The van der Waals surface area contributed by atoms with Crippen molar-refractivity contribution in [1.82, 2.24) is 4.98 Å². The van der Waals surface area contributed by atoms with Gasteiger partial charge in [0.25, 0.3) is 5.91 Å². The maximum atomic E-state index is 13.2. The molecular formula is C18H14ClFN2O2S. The number of thiazole rings is 1. The first-order valence-electron chi connectivity index (χ1n) is 7.42. The van der Waals surface area contributed by atoms with Crippen molar-refractivity contribution in [2.75, 3.05) is 5.32 Å². The van der Waals surface area contributed by atoms with E-state index in [1.54, 1.807) is 35.6 Å². The van der Waals surface area contributed by atoms with Crippen molar-refractivity contribution < 1.29 is 13.9 Å². The molecule has 0 spiro atoms. The van der Waals surface area contributed by atoms with Crippen LogP contribution >= 0.6 is 22.9 Å². The molecule has 0 aliphatic rings. The zero-order valence-corrected chi connectivity index (χ0v) is 14.8. The van der Waals surface area contributed by atoms with E-state index in [1.807, 2.05) is 12.3 Å². The molecule has 3 aromatic rings. The Bertz CT molecular complexity index is 914. The van der Waals surface area contributed by atoms with Crippen molar-refractivity contribution in [3.63, 3.8) is 0 Å². The van der Waals surface area contributed by atoms with Crippen LogP contribution in [0.15, 0.2) is 47.8 Å². The molecule has 1 heterocycles. The fourth-order valence-electron chi connectivity index (χ4n) is 2.18. The lowest BCUT2D eigenvalue weighted by molar-refractivity contribution is 0.102. The number of aromatic nitrogens is 1. The monoisotopic (exact) mass is 376 g/mol. The van der Waals surface area contributed by atoms with Crippen LogP contribution in [0.3, 0.4) is 0 Å². The van der Waals surface area contributed by atoms with Crippen molar-refractivity contribution in [3.05, 3.63) is 74.9 Å². The highest BCUT2D eigenvalue weighted by Gasteiger charge is 2.13. The lowest BCUT2D eigenvalue weighted by Gasteiger charge is -2.11. The summed E-state index contributed by atoms with van der Waals surface area (Å²) in [6, 6.07) is 10.9. The van der Waals surface area contributed by atoms with Gasteiger partial charge in [0.15, 0.2) is 0 Å². The van der Waals surface area contributed by atoms with E-state index in [2.05, 4.69) is 10.3 Å². The minimum Gasteiger partial charge on any atom is -0.486 e. The van der Waals surface area contributed by atoms with Gasteiger partial charge in [0, 0.05) is 11.1 Å². The molecule has 4 nitrogen and oxygen atoms in total. The molecule has 2 aromatic carbocycles. The number of para-hydroxylation sites is 1. The van der Waals surface area contributed by atoms with E-state index >= 15 is 0 Å². The fraction of sp³-hybridized carbons (Fsp3) is 0.111. The summed E-state index contributed by atoms with van der Waals surface area (Å²) in [6.07, 6.45) is 0. The Hall–Kier alpha value is -2.44. The molecule has 0 aliphatic carbocycles. The minimum absolute atomic E-state index is 0.0544. The number of benzene rings is 2. The second kappa shape index (κ2) is 7.63. The number of hydrogen-bond acceptors (Lipinski definition) is 4. The Kier molecular flexibility index (Phi) is 5.31. The number of rotatable bonds is 5. The highest BCUT2D eigenvalue weighted by molar-refractivity contribution is 7.09. The average molecular weight is 377 g/mol. The molecule has 25 heavy (non-hydrogen) atoms. The lowest BCUT2D eigenvalue weighted by atomic mass is 10.2. The Balaban J connectivity index is 1.74. The van der Waals surface area contributed by atoms with Crippen molar-refractivity contribution in [2.24, 2.45) is 0 Å². The first kappa shape index (κ1) is 17.4. The maximum Gasteiger partial charge on any atom is 0.259 e. The van der Waals surface area contributed by atoms with E-state index in [1.165, 1.54) is 18.2 Å². The molecule has 1 aromatic heterocycles. The standard InChI is InChI=1S/C18H14ClFN2O2S/c1-11-21-13(10-25-11)9-24-17-5-3-2-4-14(17)18(23)22-12-6-7-16(20)15(19)8-12/h2-8,10H,9H2,1H3,(H,22,23). The summed E-state index contributed by atoms with van der Waals surface area (Å²) in [5, 5.41) is 5.50. The fourth-order valence-corrected chi connectivity index (χ4v) is 2.96. The summed E-state index contributed by atoms with van der Waals surface area (Å²) in [5.41, 5.74) is 1.58. The van der Waals surface area contributed by atoms with Crippen LogP contribution in [-0.2, 0) is 6.61 Å². The molecule has 0 atom stereocenters. The third-order valence-electron chi connectivity index (χ3n) is 3.35. The van der Waals surface area contributed by atoms with Gasteiger partial charge < -0.3 is 10.1 Å². The molecular weight excluding hydrogens is 363 g/mol. The molecule has 0 bridgehead atoms. The van der Waals surface area contributed by atoms with Gasteiger partial charge in [0.2, 0.25) is 0 Å². The molecule has 0 fully saturated rings. The molecule has 1 amide bonds. The summed E-state index contributed by atoms with van der Waals surface area (Å²) < 4.78 is 19.0. The van der Waals surface area contributed by atoms with Crippen LogP contribution in [0.1, 0.15) is 21.1 Å². The van der Waals surface area contributed by atoms with Crippen LogP contribution in [-0.4, -0.2) is 10.9 Å². The number of anilines is 1. The van der Waals surface area contributed by atoms with Gasteiger partial charge in [-0.25, -0.2) is 9.37 Å². The number of aryl methyl sites for hydroxylation is 1. The number of nitrogens with one attached hydrogen (secondary N) is 1. The first-order valence-corrected chi connectivity index (χ1v) is 8.68. The van der Waals surface area contributed by atoms with Crippen LogP contribution in [0.25, 0.3) is 0 Å². The van der Waals surface area contributed by atoms with Crippen LogP contribution in [0.5, 0.6) is 5.75 Å². The Labute approximate surface area is 153 Å². The van der Waals surface area contributed by atoms with E-state index in [-0.39, 0.29) is 17.5 Å². The molecule has 0 saturated heterocycles. The smallest absolute Gasteiger partial charge is 0.259 e. The average Bonchev–Trinajstić information content (AvgIpc) is 3.02. The van der Waals surface area contributed by atoms with Gasteiger partial charge in [-0.3, -0.25) is 4.79 Å². The third-order valence-corrected chi connectivity index (χ3v) is 4.46. The van der Waals surface area contributed by atoms with Gasteiger partial charge in [0.05, 0.1) is 21.3 Å². The maximum absolute atomic E-state index is 13.2. The van der Waals surface area contributed by atoms with Gasteiger partial charge in [-0.2, -0.15) is 0 Å². The van der Waals surface area contributed by atoms with Crippen molar-refractivity contribution in [2.45, 2.75) is 13.5 Å². The van der Waals surface area contributed by atoms with E-state index in [9.17, 15) is 9.18 Å². The van der Waals surface area contributed by atoms with Crippen LogP contribution < -0.4 is 10.1 Å². The molecule has 0 aliphatic heterocycles. The highest BCUT2D eigenvalue weighted by atomic mass is 35.5. The Morgan fingerprint density at radius 1 is 1.32 bits per heavy atom. The third kappa shape index (κ3) is 4.35. The number of amides is 1. The molecule has 7 heteroatoms. The predicted molar refractivity (Wildman–Crippen MR) is 97.0 cm³/mol. The van der Waals surface area contributed by atoms with Crippen LogP contribution in [0, 0.1) is 12.7 Å². The molecule has 0 radical (unpaired) electrons. The van der Waals surface area contributed by atoms with E-state index in [0.717, 1.165) is 10.7 Å². The van der Waals surface area contributed by atoms with Gasteiger partial charge in [-0.1, -0.05) is 23.7 Å². The number of nitrogens with zero attached hydrogens (tertiary/aromatic N) is 1. The SMILES string of the molecule is Cc1nc(COc2ccccc2C(=O)Nc2ccc(F)c(Cl)c2)cs1. The number of ether oxygens (including phenoxy) is 1. The lowest BCUT2D eigenvalue weighted by Crippen LogP contribution is -2.13. The molecule has 3 rings (SSSR count). The molecule has 1 N–H and O–H groups in total. The quantitative estimate of drug-likeness (QED) is 0.675. The summed E-state index contributed by atoms with van der Waals surface area (Å²) in [4.78, 5) is 16.8. The second-order valence-corrected chi connectivity index (χ2v) is 6.70. The first-order chi connectivity index (χ1) is 12.0. The normalized spacial score (nSPS) is 10.5. The molecule has 128 valence electrons. The van der Waals surface area contributed by atoms with Crippen LogP contribution in [0.4, 0.5) is 10.1 Å². The van der Waals surface area contributed by atoms with Crippen molar-refractivity contribution in [3.8, 4) is 5.75 Å². The summed E-state index contributed by atoms with van der Waals surface area (Å²) in [6.45, 7) is 2.19. The summed E-state index contributed by atoms with van der Waals surface area (Å²) in [5.74, 6) is -0.464. The number of carbonyl (C=O) groups excluding carboxylic acids is 1. The Morgan fingerprint density at radius 2 is 2.12 bits per heavy atom. The number of halogens is 2. The largest absolute Gasteiger partial charge is 0.486 e. The van der Waals surface area contributed by atoms with Crippen molar-refractivity contribution >= 4 is 34.5 Å². The summed E-state index contributed by atoms with van der Waals surface area (Å²) >= 11 is 7.28. The Morgan fingerprint density at radius 3 is 2.84 bits per heavy atom. The second-order valence-electron chi connectivity index (χ2n) is 5.23. The number of hydrogen-bond donors (Lipinski definition) is 1. The van der Waals surface area contributed by atoms with E-state index in [4.69, 9.17) is 16.3 Å². The predicted octanol–water partition coefficient (Wildman–Crippen LogP) is 5.08. The van der Waals surface area contributed by atoms with Crippen LogP contribution in [0.2, 0.25) is 5.02 Å². The van der Waals surface area contributed by atoms with Gasteiger partial charge in [-0.15, -0.1) is 11.3 Å². The highest BCUT2D eigenvalue weighted by Crippen LogP contribution is 2.23. The van der Waals surface area contributed by atoms with E-state index < -0.39 is 5.82 Å². The minimum atomic E-state index is -0.540. The van der Waals surface area contributed by atoms with E-state index in [0.29, 0.717) is 17.0 Å². The van der Waals surface area contributed by atoms with Gasteiger partial charge in [-0.05, 0) is 37.3 Å². The molecule has 0 saturated carbocycles. The summed E-state index contributed by atoms with van der Waals surface area (Å²) in [7, 11) is 0.